The molecule has 0 amide bonds. The molecule has 3 aromatic carbocycles. The van der Waals surface area contributed by atoms with Gasteiger partial charge in [0.1, 0.15) is 6.29 Å². The number of carbonyl (C=O) groups excluding carboxylic acids is 1. The maximum Gasteiger partial charge on any atom is 0.150 e. The van der Waals surface area contributed by atoms with Crippen LogP contribution in [0.2, 0.25) is 0 Å². The number of rotatable bonds is 6. The van der Waals surface area contributed by atoms with E-state index < -0.39 is 0 Å². The van der Waals surface area contributed by atoms with Crippen molar-refractivity contribution >= 4 is 29.4 Å². The second kappa shape index (κ2) is 9.29. The Bertz CT molecular complexity index is 1000. The first-order valence-electron chi connectivity index (χ1n) is 11.2. The Kier molecular flexibility index (Phi) is 6.10. The zero-order chi connectivity index (χ0) is 21.0. The van der Waals surface area contributed by atoms with Crippen LogP contribution in [-0.4, -0.2) is 36.9 Å². The summed E-state index contributed by atoms with van der Waals surface area (Å²) in [6, 6.07) is 26.3. The fourth-order valence-corrected chi connectivity index (χ4v) is 5.88. The zero-order valence-electron chi connectivity index (χ0n) is 17.7. The van der Waals surface area contributed by atoms with Crippen molar-refractivity contribution in [2.24, 2.45) is 0 Å². The molecular weight excluding hydrogens is 400 g/mol. The van der Waals surface area contributed by atoms with E-state index in [-0.39, 0.29) is 0 Å². The van der Waals surface area contributed by atoms with E-state index in [1.165, 1.54) is 46.8 Å². The number of thioether (sulfide) groups is 1. The lowest BCUT2D eigenvalue weighted by atomic mass is 10.1. The molecule has 2 aliphatic rings. The standard InChI is InChI=1S/C27H28N2OS/c30-19-22-13-11-21(12-14-22)15-17-28-16-5-7-24(28)18-29-25-8-2-1-6-23(25)20-31-27-10-4-3-9-26(27)29/h1-4,6,8-14,19,24H,5,7,15-18,20H2/t24-/m0/s1. The third kappa shape index (κ3) is 4.41. The summed E-state index contributed by atoms with van der Waals surface area (Å²) in [7, 11) is 0. The minimum absolute atomic E-state index is 0.554. The van der Waals surface area contributed by atoms with E-state index in [2.05, 4.69) is 70.5 Å². The molecule has 0 unspecified atom stereocenters. The molecule has 31 heavy (non-hydrogen) atoms. The highest BCUT2D eigenvalue weighted by atomic mass is 32.2. The summed E-state index contributed by atoms with van der Waals surface area (Å²) in [4.78, 5) is 17.5. The third-order valence-electron chi connectivity index (χ3n) is 6.52. The van der Waals surface area contributed by atoms with Crippen LogP contribution >= 0.6 is 11.8 Å². The van der Waals surface area contributed by atoms with E-state index in [0.29, 0.717) is 6.04 Å². The average molecular weight is 429 g/mol. The van der Waals surface area contributed by atoms with E-state index in [4.69, 9.17) is 0 Å². The molecule has 0 spiro atoms. The smallest absolute Gasteiger partial charge is 0.150 e. The van der Waals surface area contributed by atoms with Gasteiger partial charge in [-0.1, -0.05) is 54.6 Å². The van der Waals surface area contributed by atoms with E-state index >= 15 is 0 Å². The molecule has 0 aliphatic carbocycles. The van der Waals surface area contributed by atoms with Gasteiger partial charge in [0.15, 0.2) is 0 Å². The summed E-state index contributed by atoms with van der Waals surface area (Å²) in [5.74, 6) is 1.02. The first-order chi connectivity index (χ1) is 15.3. The van der Waals surface area contributed by atoms with Gasteiger partial charge < -0.3 is 4.90 Å². The van der Waals surface area contributed by atoms with Crippen LogP contribution in [0.1, 0.15) is 34.3 Å². The van der Waals surface area contributed by atoms with Crippen molar-refractivity contribution in [1.82, 2.24) is 4.90 Å². The summed E-state index contributed by atoms with van der Waals surface area (Å²) in [6.07, 6.45) is 4.45. The van der Waals surface area contributed by atoms with Gasteiger partial charge in [-0.15, -0.1) is 11.8 Å². The van der Waals surface area contributed by atoms with Crippen molar-refractivity contribution in [2.75, 3.05) is 24.5 Å². The molecule has 0 saturated carbocycles. The molecular formula is C27H28N2OS. The van der Waals surface area contributed by atoms with Crippen molar-refractivity contribution in [1.29, 1.82) is 0 Å². The van der Waals surface area contributed by atoms with Gasteiger partial charge >= 0.3 is 0 Å². The number of fused-ring (bicyclic) bond motifs is 2. The highest BCUT2D eigenvalue weighted by Crippen LogP contribution is 2.43. The SMILES string of the molecule is O=Cc1ccc(CCN2CCC[C@H]2CN2c3ccccc3CSc3ccccc32)cc1. The second-order valence-electron chi connectivity index (χ2n) is 8.44. The number of hydrogen-bond donors (Lipinski definition) is 0. The molecule has 5 rings (SSSR count). The Labute approximate surface area is 189 Å². The van der Waals surface area contributed by atoms with Gasteiger partial charge in [-0.05, 0) is 55.1 Å². The van der Waals surface area contributed by atoms with Gasteiger partial charge in [0.05, 0.1) is 5.69 Å². The Morgan fingerprint density at radius 1 is 0.935 bits per heavy atom. The van der Waals surface area contributed by atoms with E-state index in [1.54, 1.807) is 0 Å². The lowest BCUT2D eigenvalue weighted by Gasteiger charge is -2.33. The lowest BCUT2D eigenvalue weighted by Crippen LogP contribution is -2.39. The molecule has 1 atom stereocenters. The molecule has 2 heterocycles. The van der Waals surface area contributed by atoms with Crippen molar-refractivity contribution in [3.8, 4) is 0 Å². The zero-order valence-corrected chi connectivity index (χ0v) is 18.6. The van der Waals surface area contributed by atoms with Crippen LogP contribution in [0.4, 0.5) is 11.4 Å². The van der Waals surface area contributed by atoms with Gasteiger partial charge in [-0.3, -0.25) is 9.69 Å². The fraction of sp³-hybridized carbons (Fsp3) is 0.296. The van der Waals surface area contributed by atoms with Crippen LogP contribution in [0.15, 0.2) is 77.7 Å². The Morgan fingerprint density at radius 3 is 2.55 bits per heavy atom. The number of anilines is 2. The summed E-state index contributed by atoms with van der Waals surface area (Å²) < 4.78 is 0. The molecule has 158 valence electrons. The predicted molar refractivity (Wildman–Crippen MR) is 130 cm³/mol. The fourth-order valence-electron chi connectivity index (χ4n) is 4.82. The number of hydrogen-bond acceptors (Lipinski definition) is 4. The minimum atomic E-state index is 0.554. The molecule has 1 saturated heterocycles. The molecule has 2 aliphatic heterocycles. The number of carbonyl (C=O) groups is 1. The van der Waals surface area contributed by atoms with Gasteiger partial charge in [-0.25, -0.2) is 0 Å². The summed E-state index contributed by atoms with van der Waals surface area (Å²) in [5.41, 5.74) is 6.17. The van der Waals surface area contributed by atoms with E-state index in [0.717, 1.165) is 37.1 Å². The maximum absolute atomic E-state index is 10.9. The molecule has 3 aromatic rings. The molecule has 0 aromatic heterocycles. The molecule has 4 heteroatoms. The summed E-state index contributed by atoms with van der Waals surface area (Å²) in [6.45, 7) is 3.26. The Hall–Kier alpha value is -2.56. The largest absolute Gasteiger partial charge is 0.339 e. The van der Waals surface area contributed by atoms with Gasteiger partial charge in [0.25, 0.3) is 0 Å². The Balaban J connectivity index is 1.35. The number of likely N-dealkylation sites (tertiary alicyclic amines) is 1. The average Bonchev–Trinajstić information content (AvgIpc) is 3.21. The molecule has 3 nitrogen and oxygen atoms in total. The van der Waals surface area contributed by atoms with Crippen LogP contribution in [0.25, 0.3) is 0 Å². The number of benzene rings is 3. The van der Waals surface area contributed by atoms with E-state index in [1.807, 2.05) is 23.9 Å². The minimum Gasteiger partial charge on any atom is -0.339 e. The summed E-state index contributed by atoms with van der Waals surface area (Å²) >= 11 is 1.95. The normalized spacial score (nSPS) is 18.3. The van der Waals surface area contributed by atoms with Crippen LogP contribution in [0.5, 0.6) is 0 Å². The van der Waals surface area contributed by atoms with Crippen LogP contribution in [0.3, 0.4) is 0 Å². The highest BCUT2D eigenvalue weighted by Gasteiger charge is 2.29. The molecule has 0 bridgehead atoms. The quantitative estimate of drug-likeness (QED) is 0.453. The van der Waals surface area contributed by atoms with Crippen LogP contribution < -0.4 is 4.90 Å². The van der Waals surface area contributed by atoms with Crippen molar-refractivity contribution in [3.05, 3.63) is 89.5 Å². The van der Waals surface area contributed by atoms with Gasteiger partial charge in [0.2, 0.25) is 0 Å². The van der Waals surface area contributed by atoms with Crippen molar-refractivity contribution < 1.29 is 4.79 Å². The van der Waals surface area contributed by atoms with Gasteiger partial charge in [-0.2, -0.15) is 0 Å². The van der Waals surface area contributed by atoms with E-state index in [9.17, 15) is 4.79 Å². The first kappa shape index (κ1) is 20.3. The maximum atomic E-state index is 10.9. The number of nitrogens with zero attached hydrogens (tertiary/aromatic N) is 2. The Morgan fingerprint density at radius 2 is 1.71 bits per heavy atom. The van der Waals surface area contributed by atoms with Crippen molar-refractivity contribution in [3.63, 3.8) is 0 Å². The molecule has 1 fully saturated rings. The number of aldehydes is 1. The van der Waals surface area contributed by atoms with Crippen LogP contribution in [-0.2, 0) is 12.2 Å². The lowest BCUT2D eigenvalue weighted by molar-refractivity contribution is 0.112. The number of para-hydroxylation sites is 2. The molecule has 0 radical (unpaired) electrons. The predicted octanol–water partition coefficient (Wildman–Crippen LogP) is 5.95. The van der Waals surface area contributed by atoms with Crippen molar-refractivity contribution in [2.45, 2.75) is 36.0 Å². The van der Waals surface area contributed by atoms with Crippen LogP contribution in [0, 0.1) is 0 Å². The third-order valence-corrected chi connectivity index (χ3v) is 7.63. The topological polar surface area (TPSA) is 23.6 Å². The highest BCUT2D eigenvalue weighted by molar-refractivity contribution is 7.98. The van der Waals surface area contributed by atoms with Gasteiger partial charge in [0, 0.05) is 41.0 Å². The summed E-state index contributed by atoms with van der Waals surface area (Å²) in [5, 5.41) is 0. The first-order valence-corrected chi connectivity index (χ1v) is 12.2. The molecule has 0 N–H and O–H groups in total. The monoisotopic (exact) mass is 428 g/mol. The second-order valence-corrected chi connectivity index (χ2v) is 9.45.